The minimum absolute atomic E-state index is 0.0553. The molecule has 5 heteroatoms. The van der Waals surface area contributed by atoms with E-state index in [1.54, 1.807) is 6.07 Å². The number of carbonyl (C=O) groups is 1. The molecule has 72 valence electrons. The maximum absolute atomic E-state index is 10.8. The van der Waals surface area contributed by atoms with Gasteiger partial charge in [-0.25, -0.2) is 4.79 Å². The summed E-state index contributed by atoms with van der Waals surface area (Å²) in [6, 6.07) is 4.90. The second-order valence-corrected chi connectivity index (χ2v) is 3.62. The Hall–Kier alpha value is -1.05. The third kappa shape index (κ3) is 2.06. The molecule has 0 bridgehead atoms. The van der Waals surface area contributed by atoms with Crippen molar-refractivity contribution < 1.29 is 9.90 Å². The van der Waals surface area contributed by atoms with Gasteiger partial charge in [-0.1, -0.05) is 0 Å². The van der Waals surface area contributed by atoms with Gasteiger partial charge in [0.15, 0.2) is 0 Å². The van der Waals surface area contributed by atoms with Crippen molar-refractivity contribution in [2.45, 2.75) is 5.88 Å². The number of nitriles is 1. The first-order valence-electron chi connectivity index (χ1n) is 3.62. The van der Waals surface area contributed by atoms with Gasteiger partial charge < -0.3 is 5.11 Å². The minimum Gasteiger partial charge on any atom is -0.478 e. The number of nitrogens with zero attached hydrogens (tertiary/aromatic N) is 1. The first-order valence-corrected chi connectivity index (χ1v) is 4.94. The fourth-order valence-electron chi connectivity index (χ4n) is 0.998. The van der Waals surface area contributed by atoms with Gasteiger partial charge in [-0.3, -0.25) is 0 Å². The summed E-state index contributed by atoms with van der Waals surface area (Å²) >= 11 is 8.63. The zero-order valence-corrected chi connectivity index (χ0v) is 9.26. The van der Waals surface area contributed by atoms with Crippen molar-refractivity contribution in [3.05, 3.63) is 33.3 Å². The molecule has 0 atom stereocenters. The van der Waals surface area contributed by atoms with Crippen LogP contribution in [0.3, 0.4) is 0 Å². The van der Waals surface area contributed by atoms with Crippen LogP contribution in [0, 0.1) is 11.3 Å². The summed E-state index contributed by atoms with van der Waals surface area (Å²) in [5.74, 6) is -0.900. The van der Waals surface area contributed by atoms with Crippen molar-refractivity contribution in [1.29, 1.82) is 5.26 Å². The molecule has 0 saturated carbocycles. The molecule has 0 unspecified atom stereocenters. The molecule has 0 amide bonds. The van der Waals surface area contributed by atoms with E-state index < -0.39 is 5.97 Å². The lowest BCUT2D eigenvalue weighted by molar-refractivity contribution is 0.0695. The number of hydrogen-bond donors (Lipinski definition) is 1. The number of aromatic carboxylic acids is 1. The molecule has 1 aromatic rings. The van der Waals surface area contributed by atoms with Crippen molar-refractivity contribution in [2.75, 3.05) is 0 Å². The highest BCUT2D eigenvalue weighted by Gasteiger charge is 2.13. The first-order chi connectivity index (χ1) is 6.60. The molecule has 0 aromatic heterocycles. The highest BCUT2D eigenvalue weighted by atomic mass is 79.9. The predicted octanol–water partition coefficient (Wildman–Crippen LogP) is 2.76. The third-order valence-electron chi connectivity index (χ3n) is 1.64. The van der Waals surface area contributed by atoms with Gasteiger partial charge in [-0.15, -0.1) is 11.6 Å². The molecular weight excluding hydrogens is 269 g/mol. The summed E-state index contributed by atoms with van der Waals surface area (Å²) in [6.45, 7) is 0. The van der Waals surface area contributed by atoms with Crippen LogP contribution in [-0.4, -0.2) is 11.1 Å². The van der Waals surface area contributed by atoms with E-state index in [4.69, 9.17) is 22.0 Å². The third-order valence-corrected chi connectivity index (χ3v) is 2.80. The topological polar surface area (TPSA) is 61.1 Å². The molecule has 1 rings (SSSR count). The van der Waals surface area contributed by atoms with Crippen LogP contribution >= 0.6 is 27.5 Å². The van der Waals surface area contributed by atoms with Crippen molar-refractivity contribution in [3.63, 3.8) is 0 Å². The van der Waals surface area contributed by atoms with Crippen LogP contribution in [0.15, 0.2) is 16.6 Å². The van der Waals surface area contributed by atoms with Crippen molar-refractivity contribution in [2.24, 2.45) is 0 Å². The Kier molecular flexibility index (Phi) is 3.50. The van der Waals surface area contributed by atoms with Crippen molar-refractivity contribution in [1.82, 2.24) is 0 Å². The normalized spacial score (nSPS) is 9.50. The highest BCUT2D eigenvalue weighted by molar-refractivity contribution is 9.10. The maximum Gasteiger partial charge on any atom is 0.336 e. The Balaban J connectivity index is 3.44. The molecule has 14 heavy (non-hydrogen) atoms. The van der Waals surface area contributed by atoms with E-state index in [2.05, 4.69) is 15.9 Å². The zero-order valence-electron chi connectivity index (χ0n) is 6.92. The van der Waals surface area contributed by atoms with E-state index in [9.17, 15) is 4.79 Å². The van der Waals surface area contributed by atoms with Gasteiger partial charge in [0.2, 0.25) is 0 Å². The molecule has 0 radical (unpaired) electrons. The SMILES string of the molecule is N#Cc1cc(CCl)cc(C(=O)O)c1Br. The predicted molar refractivity (Wildman–Crippen MR) is 55.4 cm³/mol. The van der Waals surface area contributed by atoms with Crippen LogP contribution in [0.2, 0.25) is 0 Å². The molecule has 1 N–H and O–H groups in total. The Labute approximate surface area is 94.0 Å². The van der Waals surface area contributed by atoms with Gasteiger partial charge in [0, 0.05) is 10.4 Å². The highest BCUT2D eigenvalue weighted by Crippen LogP contribution is 2.24. The standard InChI is InChI=1S/C9H5BrClNO2/c10-8-6(4-12)1-5(3-11)2-7(8)9(13)14/h1-2H,3H2,(H,13,14). The van der Waals surface area contributed by atoms with Gasteiger partial charge in [0.25, 0.3) is 0 Å². The molecule has 0 fully saturated rings. The summed E-state index contributed by atoms with van der Waals surface area (Å²) in [5.41, 5.74) is 0.948. The molecule has 0 aliphatic carbocycles. The van der Waals surface area contributed by atoms with Gasteiger partial charge in [-0.2, -0.15) is 5.26 Å². The number of halogens is 2. The molecule has 0 spiro atoms. The second kappa shape index (κ2) is 4.45. The Morgan fingerprint density at radius 3 is 2.71 bits per heavy atom. The number of carboxylic acid groups (broad SMARTS) is 1. The van der Waals surface area contributed by atoms with E-state index in [1.165, 1.54) is 6.07 Å². The largest absolute Gasteiger partial charge is 0.478 e. The molecule has 0 aliphatic rings. The summed E-state index contributed by atoms with van der Waals surface area (Å²) < 4.78 is 0.293. The lowest BCUT2D eigenvalue weighted by Gasteiger charge is -2.03. The van der Waals surface area contributed by atoms with E-state index in [1.807, 2.05) is 6.07 Å². The lowest BCUT2D eigenvalue weighted by atomic mass is 10.1. The van der Waals surface area contributed by atoms with Crippen LogP contribution < -0.4 is 0 Å². The fourth-order valence-corrected chi connectivity index (χ4v) is 1.64. The van der Waals surface area contributed by atoms with E-state index in [0.717, 1.165) is 0 Å². The lowest BCUT2D eigenvalue weighted by Crippen LogP contribution is -2.00. The molecule has 0 saturated heterocycles. The minimum atomic E-state index is -1.08. The Morgan fingerprint density at radius 1 is 1.64 bits per heavy atom. The van der Waals surface area contributed by atoms with Crippen LogP contribution in [-0.2, 0) is 5.88 Å². The number of carboxylic acids is 1. The zero-order chi connectivity index (χ0) is 10.7. The van der Waals surface area contributed by atoms with E-state index in [-0.39, 0.29) is 17.0 Å². The van der Waals surface area contributed by atoms with Crippen molar-refractivity contribution >= 4 is 33.5 Å². The summed E-state index contributed by atoms with van der Waals surface area (Å²) in [7, 11) is 0. The number of rotatable bonds is 2. The van der Waals surface area contributed by atoms with Crippen LogP contribution in [0.5, 0.6) is 0 Å². The molecule has 1 aromatic carbocycles. The quantitative estimate of drug-likeness (QED) is 0.844. The van der Waals surface area contributed by atoms with Crippen LogP contribution in [0.1, 0.15) is 21.5 Å². The molecule has 3 nitrogen and oxygen atoms in total. The van der Waals surface area contributed by atoms with E-state index in [0.29, 0.717) is 10.0 Å². The Morgan fingerprint density at radius 2 is 2.29 bits per heavy atom. The van der Waals surface area contributed by atoms with Crippen molar-refractivity contribution in [3.8, 4) is 6.07 Å². The maximum atomic E-state index is 10.8. The average molecular weight is 275 g/mol. The number of benzene rings is 1. The Bertz CT molecular complexity index is 426. The monoisotopic (exact) mass is 273 g/mol. The summed E-state index contributed by atoms with van der Waals surface area (Å²) in [6.07, 6.45) is 0. The molecular formula is C9H5BrClNO2. The molecule has 0 heterocycles. The van der Waals surface area contributed by atoms with Crippen LogP contribution in [0.4, 0.5) is 0 Å². The number of alkyl halides is 1. The summed E-state index contributed by atoms with van der Waals surface area (Å²) in [4.78, 5) is 10.8. The number of hydrogen-bond acceptors (Lipinski definition) is 2. The average Bonchev–Trinajstić information content (AvgIpc) is 2.17. The second-order valence-electron chi connectivity index (χ2n) is 2.56. The fraction of sp³-hybridized carbons (Fsp3) is 0.111. The first kappa shape index (κ1) is 11.0. The van der Waals surface area contributed by atoms with Crippen LogP contribution in [0.25, 0.3) is 0 Å². The smallest absolute Gasteiger partial charge is 0.336 e. The van der Waals surface area contributed by atoms with E-state index >= 15 is 0 Å². The summed E-state index contributed by atoms with van der Waals surface area (Å²) in [5, 5.41) is 17.6. The molecule has 0 aliphatic heterocycles. The van der Waals surface area contributed by atoms with Gasteiger partial charge >= 0.3 is 5.97 Å². The van der Waals surface area contributed by atoms with Gasteiger partial charge in [-0.05, 0) is 33.6 Å². The van der Waals surface area contributed by atoms with Gasteiger partial charge in [0.05, 0.1) is 11.1 Å². The van der Waals surface area contributed by atoms with Gasteiger partial charge in [0.1, 0.15) is 6.07 Å².